The quantitative estimate of drug-likeness (QED) is 0.758. The van der Waals surface area contributed by atoms with Crippen LogP contribution in [-0.2, 0) is 9.59 Å². The first-order valence-corrected chi connectivity index (χ1v) is 6.60. The molecule has 16 heavy (non-hydrogen) atoms. The van der Waals surface area contributed by atoms with E-state index in [9.17, 15) is 9.59 Å². The second-order valence-electron chi connectivity index (χ2n) is 3.64. The molecule has 1 rings (SSSR count). The molecule has 1 heterocycles. The molecule has 0 atom stereocenters. The van der Waals surface area contributed by atoms with Crippen molar-refractivity contribution in [2.24, 2.45) is 0 Å². The van der Waals surface area contributed by atoms with Gasteiger partial charge in [-0.25, -0.2) is 4.79 Å². The van der Waals surface area contributed by atoms with Gasteiger partial charge in [0.1, 0.15) is 0 Å². The highest BCUT2D eigenvalue weighted by Gasteiger charge is 2.22. The molecule has 0 aromatic heterocycles. The van der Waals surface area contributed by atoms with Gasteiger partial charge in [0.15, 0.2) is 0 Å². The van der Waals surface area contributed by atoms with Gasteiger partial charge in [-0.1, -0.05) is 0 Å². The van der Waals surface area contributed by atoms with Gasteiger partial charge in [0, 0.05) is 24.7 Å². The highest BCUT2D eigenvalue weighted by atomic mass is 32.2. The SMILES string of the molecule is CCN(C(=O)/C=C/C(=O)O)C1CCSCC1. The maximum atomic E-state index is 11.7. The summed E-state index contributed by atoms with van der Waals surface area (Å²) in [5, 5.41) is 8.47. The largest absolute Gasteiger partial charge is 0.478 e. The van der Waals surface area contributed by atoms with Crippen LogP contribution >= 0.6 is 11.8 Å². The van der Waals surface area contributed by atoms with E-state index in [2.05, 4.69) is 0 Å². The average Bonchev–Trinajstić information content (AvgIpc) is 2.29. The summed E-state index contributed by atoms with van der Waals surface area (Å²) in [4.78, 5) is 23.8. The summed E-state index contributed by atoms with van der Waals surface area (Å²) < 4.78 is 0. The van der Waals surface area contributed by atoms with Gasteiger partial charge in [-0.3, -0.25) is 4.79 Å². The molecule has 0 radical (unpaired) electrons. The highest BCUT2D eigenvalue weighted by Crippen LogP contribution is 2.21. The van der Waals surface area contributed by atoms with Gasteiger partial charge in [-0.15, -0.1) is 0 Å². The van der Waals surface area contributed by atoms with Crippen LogP contribution in [0.3, 0.4) is 0 Å². The van der Waals surface area contributed by atoms with Crippen molar-refractivity contribution in [2.45, 2.75) is 25.8 Å². The zero-order valence-electron chi connectivity index (χ0n) is 9.39. The van der Waals surface area contributed by atoms with Crippen molar-refractivity contribution in [3.63, 3.8) is 0 Å². The fourth-order valence-electron chi connectivity index (χ4n) is 1.83. The van der Waals surface area contributed by atoms with Crippen molar-refractivity contribution in [3.05, 3.63) is 12.2 Å². The van der Waals surface area contributed by atoms with Crippen LogP contribution in [0.1, 0.15) is 19.8 Å². The van der Waals surface area contributed by atoms with Crippen LogP contribution in [-0.4, -0.2) is 46.0 Å². The number of carboxylic acid groups (broad SMARTS) is 1. The van der Waals surface area contributed by atoms with Gasteiger partial charge in [-0.05, 0) is 31.3 Å². The minimum Gasteiger partial charge on any atom is -0.478 e. The minimum atomic E-state index is -1.08. The van der Waals surface area contributed by atoms with Gasteiger partial charge < -0.3 is 10.0 Å². The Morgan fingerprint density at radius 2 is 2.00 bits per heavy atom. The molecule has 90 valence electrons. The number of amides is 1. The molecule has 1 saturated heterocycles. The van der Waals surface area contributed by atoms with E-state index in [1.54, 1.807) is 4.90 Å². The van der Waals surface area contributed by atoms with Gasteiger partial charge in [0.05, 0.1) is 0 Å². The number of carbonyl (C=O) groups is 2. The smallest absolute Gasteiger partial charge is 0.328 e. The number of hydrogen-bond acceptors (Lipinski definition) is 3. The van der Waals surface area contributed by atoms with Gasteiger partial charge in [-0.2, -0.15) is 11.8 Å². The molecule has 0 bridgehead atoms. The van der Waals surface area contributed by atoms with Crippen LogP contribution < -0.4 is 0 Å². The Balaban J connectivity index is 2.58. The first kappa shape index (κ1) is 13.1. The van der Waals surface area contributed by atoms with E-state index in [-0.39, 0.29) is 11.9 Å². The van der Waals surface area contributed by atoms with Crippen LogP contribution in [0.15, 0.2) is 12.2 Å². The number of carbonyl (C=O) groups excluding carboxylic acids is 1. The highest BCUT2D eigenvalue weighted by molar-refractivity contribution is 7.99. The first-order chi connectivity index (χ1) is 7.65. The molecule has 0 unspecified atom stereocenters. The number of likely N-dealkylation sites (N-methyl/N-ethyl adjacent to an activating group) is 1. The number of nitrogens with zero attached hydrogens (tertiary/aromatic N) is 1. The lowest BCUT2D eigenvalue weighted by molar-refractivity contribution is -0.132. The zero-order chi connectivity index (χ0) is 12.0. The van der Waals surface area contributed by atoms with Crippen LogP contribution in [0.5, 0.6) is 0 Å². The fraction of sp³-hybridized carbons (Fsp3) is 0.636. The summed E-state index contributed by atoms with van der Waals surface area (Å²) in [6.07, 6.45) is 4.06. The Morgan fingerprint density at radius 3 is 2.50 bits per heavy atom. The summed E-state index contributed by atoms with van der Waals surface area (Å²) in [6.45, 7) is 2.56. The molecule has 0 aliphatic carbocycles. The van der Waals surface area contributed by atoms with Crippen molar-refractivity contribution in [1.82, 2.24) is 4.90 Å². The molecule has 4 nitrogen and oxygen atoms in total. The molecule has 0 saturated carbocycles. The van der Waals surface area contributed by atoms with Crippen LogP contribution in [0.2, 0.25) is 0 Å². The lowest BCUT2D eigenvalue weighted by atomic mass is 10.1. The summed E-state index contributed by atoms with van der Waals surface area (Å²) >= 11 is 1.91. The van der Waals surface area contributed by atoms with Crippen molar-refractivity contribution in [3.8, 4) is 0 Å². The van der Waals surface area contributed by atoms with E-state index in [4.69, 9.17) is 5.11 Å². The van der Waals surface area contributed by atoms with Crippen LogP contribution in [0, 0.1) is 0 Å². The predicted molar refractivity (Wildman–Crippen MR) is 64.5 cm³/mol. The zero-order valence-corrected chi connectivity index (χ0v) is 10.2. The lowest BCUT2D eigenvalue weighted by Crippen LogP contribution is -2.41. The Bertz CT molecular complexity index is 285. The number of hydrogen-bond donors (Lipinski definition) is 1. The molecule has 1 fully saturated rings. The third kappa shape index (κ3) is 3.89. The van der Waals surface area contributed by atoms with E-state index in [0.717, 1.165) is 36.5 Å². The normalized spacial score (nSPS) is 17.6. The third-order valence-electron chi connectivity index (χ3n) is 2.62. The number of carboxylic acids is 1. The number of aliphatic carboxylic acids is 1. The summed E-state index contributed by atoms with van der Waals surface area (Å²) in [5.74, 6) is 0.888. The third-order valence-corrected chi connectivity index (χ3v) is 3.67. The molecular weight excluding hydrogens is 226 g/mol. The van der Waals surface area contributed by atoms with E-state index < -0.39 is 5.97 Å². The number of thioether (sulfide) groups is 1. The molecule has 0 aromatic carbocycles. The Labute approximate surface area is 99.7 Å². The van der Waals surface area contributed by atoms with Gasteiger partial charge in [0.25, 0.3) is 0 Å². The van der Waals surface area contributed by atoms with Gasteiger partial charge >= 0.3 is 5.97 Å². The first-order valence-electron chi connectivity index (χ1n) is 5.44. The van der Waals surface area contributed by atoms with Crippen molar-refractivity contribution in [2.75, 3.05) is 18.1 Å². The van der Waals surface area contributed by atoms with E-state index in [0.29, 0.717) is 6.54 Å². The predicted octanol–water partition coefficient (Wildman–Crippen LogP) is 1.37. The maximum Gasteiger partial charge on any atom is 0.328 e. The Kier molecular flexibility index (Phi) is 5.38. The average molecular weight is 243 g/mol. The monoisotopic (exact) mass is 243 g/mol. The topological polar surface area (TPSA) is 57.6 Å². The molecule has 0 aromatic rings. The van der Waals surface area contributed by atoms with Crippen molar-refractivity contribution in [1.29, 1.82) is 0 Å². The summed E-state index contributed by atoms with van der Waals surface area (Å²) in [5.41, 5.74) is 0. The Morgan fingerprint density at radius 1 is 1.38 bits per heavy atom. The molecule has 5 heteroatoms. The number of rotatable bonds is 4. The fourth-order valence-corrected chi connectivity index (χ4v) is 2.91. The molecule has 1 aliphatic heterocycles. The molecule has 1 aliphatic rings. The second-order valence-corrected chi connectivity index (χ2v) is 4.86. The van der Waals surface area contributed by atoms with Crippen LogP contribution in [0.25, 0.3) is 0 Å². The van der Waals surface area contributed by atoms with Crippen molar-refractivity contribution < 1.29 is 14.7 Å². The second kappa shape index (κ2) is 6.58. The Hall–Kier alpha value is -0.970. The van der Waals surface area contributed by atoms with Gasteiger partial charge in [0.2, 0.25) is 5.91 Å². The van der Waals surface area contributed by atoms with Crippen molar-refractivity contribution >= 4 is 23.6 Å². The van der Waals surface area contributed by atoms with Crippen LogP contribution in [0.4, 0.5) is 0 Å². The summed E-state index contributed by atoms with van der Waals surface area (Å²) in [6, 6.07) is 0.275. The minimum absolute atomic E-state index is 0.193. The molecular formula is C11H17NO3S. The van der Waals surface area contributed by atoms with E-state index in [1.807, 2.05) is 18.7 Å². The van der Waals surface area contributed by atoms with E-state index >= 15 is 0 Å². The molecule has 1 amide bonds. The molecule has 0 spiro atoms. The van der Waals surface area contributed by atoms with E-state index in [1.165, 1.54) is 0 Å². The molecule has 1 N–H and O–H groups in total. The standard InChI is InChI=1S/C11H17NO3S/c1-2-12(9-5-7-16-8-6-9)10(13)3-4-11(14)15/h3-4,9H,2,5-8H2,1H3,(H,14,15)/b4-3+. The summed E-state index contributed by atoms with van der Waals surface area (Å²) in [7, 11) is 0. The lowest BCUT2D eigenvalue weighted by Gasteiger charge is -2.32. The maximum absolute atomic E-state index is 11.7.